The second-order valence-corrected chi connectivity index (χ2v) is 5.69. The molecule has 0 saturated carbocycles. The first kappa shape index (κ1) is 18.9. The number of aliphatic hydroxyl groups excluding tert-OH is 1. The zero-order chi connectivity index (χ0) is 16.4. The molecule has 0 radical (unpaired) electrons. The molecule has 0 aliphatic rings. The molecule has 0 amide bonds. The average Bonchev–Trinajstić information content (AvgIpc) is 2.50. The largest absolute Gasteiger partial charge is 0.466 e. The van der Waals surface area contributed by atoms with Crippen LogP contribution in [0.2, 0.25) is 5.02 Å². The Hall–Kier alpha value is -1.10. The van der Waals surface area contributed by atoms with Crippen molar-refractivity contribution in [2.24, 2.45) is 0 Å². The van der Waals surface area contributed by atoms with E-state index in [2.05, 4.69) is 11.8 Å². The maximum absolute atomic E-state index is 11.4. The summed E-state index contributed by atoms with van der Waals surface area (Å²) in [5.41, 5.74) is 0.867. The lowest BCUT2D eigenvalue weighted by molar-refractivity contribution is -0.143. The van der Waals surface area contributed by atoms with Crippen molar-refractivity contribution in [3.63, 3.8) is 0 Å². The molecule has 0 saturated heterocycles. The number of hydrogen-bond donors (Lipinski definition) is 1. The average molecular weight is 328 g/mol. The van der Waals surface area contributed by atoms with Crippen LogP contribution < -0.4 is 0 Å². The second-order valence-electron chi connectivity index (χ2n) is 5.25. The standard InChI is InChI=1S/C17H26ClNO3/c1-3-11-19(13-10-17(21)22-4-2)12-9-16(20)14-5-7-15(18)8-6-14/h5-8,16,20H,3-4,9-13H2,1-2H3. The third kappa shape index (κ3) is 7.25. The van der Waals surface area contributed by atoms with E-state index in [9.17, 15) is 9.90 Å². The van der Waals surface area contributed by atoms with E-state index in [4.69, 9.17) is 16.3 Å². The lowest BCUT2D eigenvalue weighted by Gasteiger charge is -2.22. The van der Waals surface area contributed by atoms with Gasteiger partial charge in [0.1, 0.15) is 0 Å². The first-order chi connectivity index (χ1) is 10.6. The summed E-state index contributed by atoms with van der Waals surface area (Å²) in [5, 5.41) is 10.9. The monoisotopic (exact) mass is 327 g/mol. The smallest absolute Gasteiger partial charge is 0.307 e. The number of carbonyl (C=O) groups excluding carboxylic acids is 1. The lowest BCUT2D eigenvalue weighted by Crippen LogP contribution is -2.29. The van der Waals surface area contributed by atoms with Crippen molar-refractivity contribution in [1.82, 2.24) is 4.90 Å². The van der Waals surface area contributed by atoms with Gasteiger partial charge in [0, 0.05) is 18.1 Å². The molecule has 1 N–H and O–H groups in total. The highest BCUT2D eigenvalue weighted by Gasteiger charge is 2.12. The van der Waals surface area contributed by atoms with Gasteiger partial charge in [-0.25, -0.2) is 0 Å². The minimum Gasteiger partial charge on any atom is -0.466 e. The number of hydrogen-bond acceptors (Lipinski definition) is 4. The summed E-state index contributed by atoms with van der Waals surface area (Å²) in [6, 6.07) is 7.25. The topological polar surface area (TPSA) is 49.8 Å². The summed E-state index contributed by atoms with van der Waals surface area (Å²) in [6.45, 7) is 6.66. The zero-order valence-corrected chi connectivity index (χ0v) is 14.2. The minimum absolute atomic E-state index is 0.165. The fourth-order valence-corrected chi connectivity index (χ4v) is 2.42. The van der Waals surface area contributed by atoms with E-state index in [1.807, 2.05) is 19.1 Å². The number of esters is 1. The molecule has 0 aliphatic carbocycles. The van der Waals surface area contributed by atoms with Crippen molar-refractivity contribution < 1.29 is 14.6 Å². The normalized spacial score (nSPS) is 12.4. The number of carbonyl (C=O) groups is 1. The number of ether oxygens (including phenoxy) is 1. The third-order valence-electron chi connectivity index (χ3n) is 3.45. The van der Waals surface area contributed by atoms with Crippen molar-refractivity contribution in [3.8, 4) is 0 Å². The first-order valence-electron chi connectivity index (χ1n) is 7.88. The molecule has 5 heteroatoms. The van der Waals surface area contributed by atoms with Crippen LogP contribution in [0.15, 0.2) is 24.3 Å². The maximum Gasteiger partial charge on any atom is 0.307 e. The SMILES string of the molecule is CCCN(CCC(=O)OCC)CCC(O)c1ccc(Cl)cc1. The van der Waals surface area contributed by atoms with Crippen molar-refractivity contribution in [2.45, 2.75) is 39.2 Å². The highest BCUT2D eigenvalue weighted by Crippen LogP contribution is 2.19. The fourth-order valence-electron chi connectivity index (χ4n) is 2.29. The molecule has 1 rings (SSSR count). The Balaban J connectivity index is 2.42. The Kier molecular flexibility index (Phi) is 9.13. The van der Waals surface area contributed by atoms with Gasteiger partial charge in [-0.2, -0.15) is 0 Å². The Bertz CT molecular complexity index is 436. The van der Waals surface area contributed by atoms with Crippen LogP contribution in [0.1, 0.15) is 44.8 Å². The van der Waals surface area contributed by atoms with Crippen molar-refractivity contribution >= 4 is 17.6 Å². The molecular formula is C17H26ClNO3. The molecule has 4 nitrogen and oxygen atoms in total. The lowest BCUT2D eigenvalue weighted by atomic mass is 10.1. The van der Waals surface area contributed by atoms with Crippen LogP contribution in [0.3, 0.4) is 0 Å². The van der Waals surface area contributed by atoms with Gasteiger partial charge in [0.2, 0.25) is 0 Å². The summed E-state index contributed by atoms with van der Waals surface area (Å²) in [6.07, 6.45) is 1.52. The van der Waals surface area contributed by atoms with Gasteiger partial charge in [-0.3, -0.25) is 4.79 Å². The minimum atomic E-state index is -0.515. The Morgan fingerprint density at radius 3 is 2.50 bits per heavy atom. The van der Waals surface area contributed by atoms with Gasteiger partial charge >= 0.3 is 5.97 Å². The van der Waals surface area contributed by atoms with Crippen LogP contribution in [0.4, 0.5) is 0 Å². The second kappa shape index (κ2) is 10.6. The number of benzene rings is 1. The highest BCUT2D eigenvalue weighted by molar-refractivity contribution is 6.30. The molecule has 0 aliphatic heterocycles. The van der Waals surface area contributed by atoms with E-state index in [0.29, 0.717) is 31.0 Å². The van der Waals surface area contributed by atoms with Crippen LogP contribution in [0, 0.1) is 0 Å². The molecule has 0 aromatic heterocycles. The van der Waals surface area contributed by atoms with Crippen LogP contribution in [0.5, 0.6) is 0 Å². The third-order valence-corrected chi connectivity index (χ3v) is 3.70. The predicted octanol–water partition coefficient (Wildman–Crippen LogP) is 3.43. The van der Waals surface area contributed by atoms with Gasteiger partial charge in [-0.15, -0.1) is 0 Å². The molecule has 0 bridgehead atoms. The van der Waals surface area contributed by atoms with Gasteiger partial charge < -0.3 is 14.7 Å². The van der Waals surface area contributed by atoms with Crippen LogP contribution in [-0.4, -0.2) is 42.2 Å². The fraction of sp³-hybridized carbons (Fsp3) is 0.588. The molecule has 0 spiro atoms. The van der Waals surface area contributed by atoms with Crippen molar-refractivity contribution in [3.05, 3.63) is 34.9 Å². The van der Waals surface area contributed by atoms with Crippen LogP contribution >= 0.6 is 11.6 Å². The summed E-state index contributed by atoms with van der Waals surface area (Å²) in [4.78, 5) is 13.6. The van der Waals surface area contributed by atoms with Gasteiger partial charge in [0.15, 0.2) is 0 Å². The molecule has 1 unspecified atom stereocenters. The van der Waals surface area contributed by atoms with Crippen molar-refractivity contribution in [2.75, 3.05) is 26.2 Å². The van der Waals surface area contributed by atoms with E-state index in [0.717, 1.165) is 25.1 Å². The van der Waals surface area contributed by atoms with Crippen LogP contribution in [0.25, 0.3) is 0 Å². The molecule has 1 atom stereocenters. The molecule has 0 heterocycles. The van der Waals surface area contributed by atoms with Gasteiger partial charge in [0.25, 0.3) is 0 Å². The Morgan fingerprint density at radius 2 is 1.91 bits per heavy atom. The van der Waals surface area contributed by atoms with Gasteiger partial charge in [0.05, 0.1) is 19.1 Å². The number of nitrogens with zero attached hydrogens (tertiary/aromatic N) is 1. The van der Waals surface area contributed by atoms with Crippen molar-refractivity contribution in [1.29, 1.82) is 0 Å². The summed E-state index contributed by atoms with van der Waals surface area (Å²) in [5.74, 6) is -0.165. The van der Waals surface area contributed by atoms with Gasteiger partial charge in [-0.05, 0) is 44.0 Å². The number of rotatable bonds is 10. The number of halogens is 1. The molecule has 124 valence electrons. The summed E-state index contributed by atoms with van der Waals surface area (Å²) in [7, 11) is 0. The maximum atomic E-state index is 11.4. The molecule has 22 heavy (non-hydrogen) atoms. The van der Waals surface area contributed by atoms with E-state index in [1.165, 1.54) is 0 Å². The highest BCUT2D eigenvalue weighted by atomic mass is 35.5. The first-order valence-corrected chi connectivity index (χ1v) is 8.26. The van der Waals surface area contributed by atoms with Gasteiger partial charge in [-0.1, -0.05) is 30.7 Å². The number of aliphatic hydroxyl groups is 1. The van der Waals surface area contributed by atoms with E-state index in [-0.39, 0.29) is 5.97 Å². The molecular weight excluding hydrogens is 302 g/mol. The summed E-state index contributed by atoms with van der Waals surface area (Å²) < 4.78 is 4.95. The Morgan fingerprint density at radius 1 is 1.23 bits per heavy atom. The Labute approximate surface area is 138 Å². The van der Waals surface area contributed by atoms with E-state index in [1.54, 1.807) is 12.1 Å². The zero-order valence-electron chi connectivity index (χ0n) is 13.4. The molecule has 0 fully saturated rings. The molecule has 1 aromatic carbocycles. The predicted molar refractivity (Wildman–Crippen MR) is 89.0 cm³/mol. The molecule has 1 aromatic rings. The summed E-state index contributed by atoms with van der Waals surface area (Å²) >= 11 is 5.85. The van der Waals surface area contributed by atoms with E-state index < -0.39 is 6.10 Å². The van der Waals surface area contributed by atoms with Crippen LogP contribution in [-0.2, 0) is 9.53 Å². The quantitative estimate of drug-likeness (QED) is 0.669. The van der Waals surface area contributed by atoms with E-state index >= 15 is 0 Å².